The fourth-order valence-electron chi connectivity index (χ4n) is 1.88. The van der Waals surface area contributed by atoms with Gasteiger partial charge in [0, 0.05) is 13.0 Å². The van der Waals surface area contributed by atoms with Crippen molar-refractivity contribution in [2.45, 2.75) is 12.5 Å². The highest BCUT2D eigenvalue weighted by molar-refractivity contribution is 7.88. The molecule has 1 atom stereocenters. The molecule has 1 aromatic carbocycles. The van der Waals surface area contributed by atoms with Crippen molar-refractivity contribution in [3.63, 3.8) is 0 Å². The molecule has 0 unspecified atom stereocenters. The van der Waals surface area contributed by atoms with Gasteiger partial charge in [0.25, 0.3) is 0 Å². The number of nitrogen functional groups attached to an aromatic ring is 1. The summed E-state index contributed by atoms with van der Waals surface area (Å²) in [7, 11) is -3.32. The lowest BCUT2D eigenvalue weighted by molar-refractivity contribution is -0.121. The summed E-state index contributed by atoms with van der Waals surface area (Å²) in [5, 5.41) is 11.5. The van der Waals surface area contributed by atoms with Crippen molar-refractivity contribution in [1.29, 1.82) is 0 Å². The Bertz CT molecular complexity index is 761. The zero-order chi connectivity index (χ0) is 16.9. The number of carbonyl (C=O) groups excluding carboxylic acids is 1. The third-order valence-corrected chi connectivity index (χ3v) is 4.40. The molecule has 2 rings (SSSR count). The molecule has 0 aliphatic heterocycles. The number of sulfonamides is 1. The predicted octanol–water partition coefficient (Wildman–Crippen LogP) is 0.265. The second-order valence-corrected chi connectivity index (χ2v) is 7.68. The maximum absolute atomic E-state index is 12.1. The number of hydrogen-bond donors (Lipinski definition) is 3. The SMILES string of the molecule is CS(=O)(=O)NCCC(=O)N[C@H](c1ccccc1)c1nnc(N)s1. The summed E-state index contributed by atoms with van der Waals surface area (Å²) < 4.78 is 24.3. The molecule has 0 fully saturated rings. The van der Waals surface area contributed by atoms with Crippen LogP contribution in [-0.4, -0.2) is 37.3 Å². The van der Waals surface area contributed by atoms with Crippen LogP contribution in [0.1, 0.15) is 23.0 Å². The molecule has 23 heavy (non-hydrogen) atoms. The molecule has 0 bridgehead atoms. The molecule has 2 aromatic rings. The van der Waals surface area contributed by atoms with Gasteiger partial charge in [0.2, 0.25) is 21.1 Å². The summed E-state index contributed by atoms with van der Waals surface area (Å²) in [6, 6.07) is 8.81. The zero-order valence-electron chi connectivity index (χ0n) is 12.4. The molecule has 4 N–H and O–H groups in total. The lowest BCUT2D eigenvalue weighted by Gasteiger charge is -2.16. The number of benzene rings is 1. The third-order valence-electron chi connectivity index (χ3n) is 2.86. The number of nitrogens with one attached hydrogen (secondary N) is 2. The fourth-order valence-corrected chi connectivity index (χ4v) is 3.04. The average Bonchev–Trinajstić information content (AvgIpc) is 2.90. The first-order valence-electron chi connectivity index (χ1n) is 6.73. The molecule has 0 saturated heterocycles. The molecule has 10 heteroatoms. The summed E-state index contributed by atoms with van der Waals surface area (Å²) in [4.78, 5) is 12.1. The number of rotatable bonds is 7. The maximum atomic E-state index is 12.1. The topological polar surface area (TPSA) is 127 Å². The number of aromatic nitrogens is 2. The second-order valence-electron chi connectivity index (χ2n) is 4.81. The van der Waals surface area contributed by atoms with Gasteiger partial charge in [-0.25, -0.2) is 13.1 Å². The Kier molecular flexibility index (Phi) is 5.64. The minimum atomic E-state index is -3.32. The first kappa shape index (κ1) is 17.3. The van der Waals surface area contributed by atoms with Gasteiger partial charge >= 0.3 is 0 Å². The minimum absolute atomic E-state index is 0.0185. The van der Waals surface area contributed by atoms with Crippen LogP contribution in [0.3, 0.4) is 0 Å². The van der Waals surface area contributed by atoms with Crippen LogP contribution in [0.5, 0.6) is 0 Å². The molecule has 1 heterocycles. The van der Waals surface area contributed by atoms with E-state index in [2.05, 4.69) is 20.2 Å². The van der Waals surface area contributed by atoms with Crippen molar-refractivity contribution in [1.82, 2.24) is 20.2 Å². The van der Waals surface area contributed by atoms with Gasteiger partial charge in [0.1, 0.15) is 11.0 Å². The van der Waals surface area contributed by atoms with Crippen molar-refractivity contribution < 1.29 is 13.2 Å². The van der Waals surface area contributed by atoms with E-state index in [1.165, 1.54) is 11.3 Å². The molecule has 124 valence electrons. The van der Waals surface area contributed by atoms with Gasteiger partial charge in [-0.1, -0.05) is 41.7 Å². The standard InChI is InChI=1S/C13H17N5O3S2/c1-23(20,21)15-8-7-10(19)16-11(9-5-3-2-4-6-9)12-17-18-13(14)22-12/h2-6,11,15H,7-8H2,1H3,(H2,14,18)(H,16,19)/t11-/m1/s1. The lowest BCUT2D eigenvalue weighted by atomic mass is 10.1. The van der Waals surface area contributed by atoms with E-state index in [4.69, 9.17) is 5.73 Å². The van der Waals surface area contributed by atoms with Crippen molar-refractivity contribution in [3.05, 3.63) is 40.9 Å². The molecule has 1 amide bonds. The van der Waals surface area contributed by atoms with Crippen molar-refractivity contribution >= 4 is 32.4 Å². The van der Waals surface area contributed by atoms with Gasteiger partial charge in [-0.3, -0.25) is 4.79 Å². The quantitative estimate of drug-likeness (QED) is 0.654. The van der Waals surface area contributed by atoms with E-state index < -0.39 is 16.1 Å². The van der Waals surface area contributed by atoms with Crippen LogP contribution < -0.4 is 15.8 Å². The fraction of sp³-hybridized carbons (Fsp3) is 0.308. The number of nitrogens with zero attached hydrogens (tertiary/aromatic N) is 2. The lowest BCUT2D eigenvalue weighted by Crippen LogP contribution is -2.33. The first-order valence-corrected chi connectivity index (χ1v) is 9.44. The van der Waals surface area contributed by atoms with Crippen LogP contribution in [0.25, 0.3) is 0 Å². The van der Waals surface area contributed by atoms with Crippen LogP contribution in [-0.2, 0) is 14.8 Å². The third kappa shape index (κ3) is 5.58. The molecular formula is C13H17N5O3S2. The van der Waals surface area contributed by atoms with Gasteiger partial charge in [-0.05, 0) is 5.56 Å². The zero-order valence-corrected chi connectivity index (χ0v) is 14.0. The summed E-state index contributed by atoms with van der Waals surface area (Å²) in [6.07, 6.45) is 1.06. The Morgan fingerprint density at radius 1 is 1.30 bits per heavy atom. The Morgan fingerprint density at radius 3 is 2.57 bits per heavy atom. The molecular weight excluding hydrogens is 338 g/mol. The summed E-state index contributed by atoms with van der Waals surface area (Å²) >= 11 is 1.19. The Hall–Kier alpha value is -2.04. The van der Waals surface area contributed by atoms with Crippen LogP contribution in [0.15, 0.2) is 30.3 Å². The smallest absolute Gasteiger partial charge is 0.222 e. The van der Waals surface area contributed by atoms with Crippen molar-refractivity contribution in [3.8, 4) is 0 Å². The highest BCUT2D eigenvalue weighted by Gasteiger charge is 2.20. The van der Waals surface area contributed by atoms with Crippen LogP contribution in [0.4, 0.5) is 5.13 Å². The molecule has 0 aliphatic rings. The Morgan fingerprint density at radius 2 is 2.00 bits per heavy atom. The van der Waals surface area contributed by atoms with Gasteiger partial charge in [-0.2, -0.15) is 0 Å². The van der Waals surface area contributed by atoms with E-state index in [1.54, 1.807) is 0 Å². The Balaban J connectivity index is 2.08. The largest absolute Gasteiger partial charge is 0.374 e. The number of amides is 1. The minimum Gasteiger partial charge on any atom is -0.374 e. The maximum Gasteiger partial charge on any atom is 0.222 e. The summed E-state index contributed by atoms with van der Waals surface area (Å²) in [6.45, 7) is 0.0322. The average molecular weight is 355 g/mol. The van der Waals surface area contributed by atoms with E-state index in [1.807, 2.05) is 30.3 Å². The Labute approximate surface area is 138 Å². The monoisotopic (exact) mass is 355 g/mol. The van der Waals surface area contributed by atoms with Crippen molar-refractivity contribution in [2.24, 2.45) is 0 Å². The van der Waals surface area contributed by atoms with E-state index in [-0.39, 0.29) is 18.9 Å². The second kappa shape index (κ2) is 7.49. The van der Waals surface area contributed by atoms with E-state index >= 15 is 0 Å². The number of nitrogens with two attached hydrogens (primary N) is 1. The number of hydrogen-bond acceptors (Lipinski definition) is 7. The van der Waals surface area contributed by atoms with Crippen LogP contribution in [0.2, 0.25) is 0 Å². The van der Waals surface area contributed by atoms with Gasteiger partial charge < -0.3 is 11.1 Å². The molecule has 8 nitrogen and oxygen atoms in total. The summed E-state index contributed by atoms with van der Waals surface area (Å²) in [5.41, 5.74) is 6.45. The van der Waals surface area contributed by atoms with Crippen molar-refractivity contribution in [2.75, 3.05) is 18.5 Å². The van der Waals surface area contributed by atoms with Gasteiger partial charge in [-0.15, -0.1) is 10.2 Å². The molecule has 0 spiro atoms. The first-order chi connectivity index (χ1) is 10.8. The molecule has 0 radical (unpaired) electrons. The highest BCUT2D eigenvalue weighted by atomic mass is 32.2. The number of anilines is 1. The van der Waals surface area contributed by atoms with E-state index in [0.717, 1.165) is 11.8 Å². The summed E-state index contributed by atoms with van der Waals surface area (Å²) in [5.74, 6) is -0.302. The van der Waals surface area contributed by atoms with Gasteiger partial charge in [0.15, 0.2) is 0 Å². The van der Waals surface area contributed by atoms with E-state index in [9.17, 15) is 13.2 Å². The van der Waals surface area contributed by atoms with E-state index in [0.29, 0.717) is 10.1 Å². The molecule has 1 aromatic heterocycles. The molecule has 0 saturated carbocycles. The normalized spacial score (nSPS) is 12.7. The predicted molar refractivity (Wildman–Crippen MR) is 88.2 cm³/mol. The highest BCUT2D eigenvalue weighted by Crippen LogP contribution is 2.25. The number of carbonyl (C=O) groups is 1. The van der Waals surface area contributed by atoms with Crippen LogP contribution in [0, 0.1) is 0 Å². The van der Waals surface area contributed by atoms with Gasteiger partial charge in [0.05, 0.1) is 6.26 Å². The molecule has 0 aliphatic carbocycles. The van der Waals surface area contributed by atoms with Crippen LogP contribution >= 0.6 is 11.3 Å².